The van der Waals surface area contributed by atoms with Crippen LogP contribution in [-0.2, 0) is 4.79 Å². The first-order valence-electron chi connectivity index (χ1n) is 5.99. The Kier molecular flexibility index (Phi) is 3.99. The Labute approximate surface area is 106 Å². The fraction of sp³-hybridized carbons (Fsp3) is 0.357. The number of carbonyl (C=O) groups excluding carboxylic acids is 1. The quantitative estimate of drug-likeness (QED) is 0.804. The Hall–Kier alpha value is -1.81. The number of benzene rings is 1. The molecule has 0 aliphatic carbocycles. The van der Waals surface area contributed by atoms with Crippen LogP contribution in [0.25, 0.3) is 0 Å². The van der Waals surface area contributed by atoms with Gasteiger partial charge < -0.3 is 14.7 Å². The van der Waals surface area contributed by atoms with Gasteiger partial charge in [0.05, 0.1) is 0 Å². The Morgan fingerprint density at radius 2 is 2.39 bits per heavy atom. The molecule has 1 saturated heterocycles. The summed E-state index contributed by atoms with van der Waals surface area (Å²) in [5.74, 6) is 0.804. The second-order valence-corrected chi connectivity index (χ2v) is 4.35. The molecule has 1 aliphatic rings. The van der Waals surface area contributed by atoms with E-state index in [1.807, 2.05) is 24.3 Å². The number of rotatable bonds is 5. The van der Waals surface area contributed by atoms with Crippen molar-refractivity contribution in [2.75, 3.05) is 24.7 Å². The highest BCUT2D eigenvalue weighted by atomic mass is 16.5. The molecule has 0 bridgehead atoms. The number of hydrogen-bond acceptors (Lipinski definition) is 3. The van der Waals surface area contributed by atoms with Crippen molar-refractivity contribution in [1.29, 1.82) is 0 Å². The van der Waals surface area contributed by atoms with Crippen LogP contribution in [0.1, 0.15) is 6.42 Å². The van der Waals surface area contributed by atoms with Gasteiger partial charge in [-0.2, -0.15) is 0 Å². The lowest BCUT2D eigenvalue weighted by Gasteiger charge is -2.17. The molecule has 1 aromatic carbocycles. The van der Waals surface area contributed by atoms with Crippen molar-refractivity contribution in [2.45, 2.75) is 6.42 Å². The molecule has 1 unspecified atom stereocenters. The SMILES string of the molecule is C=CCOc1cccc(N2CC(CO)CC2=O)c1. The van der Waals surface area contributed by atoms with E-state index in [2.05, 4.69) is 6.58 Å². The number of amides is 1. The highest BCUT2D eigenvalue weighted by molar-refractivity contribution is 5.95. The minimum atomic E-state index is 0.0373. The van der Waals surface area contributed by atoms with Gasteiger partial charge in [-0.25, -0.2) is 0 Å². The van der Waals surface area contributed by atoms with Gasteiger partial charge in [0.1, 0.15) is 12.4 Å². The summed E-state index contributed by atoms with van der Waals surface area (Å²) in [5, 5.41) is 9.10. The van der Waals surface area contributed by atoms with E-state index in [4.69, 9.17) is 9.84 Å². The zero-order valence-corrected chi connectivity index (χ0v) is 10.2. The van der Waals surface area contributed by atoms with Crippen LogP contribution in [0, 0.1) is 5.92 Å². The van der Waals surface area contributed by atoms with Gasteiger partial charge in [0.2, 0.25) is 5.91 Å². The smallest absolute Gasteiger partial charge is 0.227 e. The molecular weight excluding hydrogens is 230 g/mol. The molecule has 1 fully saturated rings. The Morgan fingerprint density at radius 1 is 1.56 bits per heavy atom. The summed E-state index contributed by atoms with van der Waals surface area (Å²) in [6.45, 7) is 4.65. The number of nitrogens with zero attached hydrogens (tertiary/aromatic N) is 1. The number of ether oxygens (including phenoxy) is 1. The Balaban J connectivity index is 2.13. The van der Waals surface area contributed by atoms with E-state index in [0.29, 0.717) is 25.3 Å². The molecular formula is C14H17NO3. The van der Waals surface area contributed by atoms with E-state index in [9.17, 15) is 4.79 Å². The van der Waals surface area contributed by atoms with Crippen molar-refractivity contribution in [3.63, 3.8) is 0 Å². The van der Waals surface area contributed by atoms with E-state index in [1.54, 1.807) is 11.0 Å². The van der Waals surface area contributed by atoms with Crippen LogP contribution in [-0.4, -0.2) is 30.8 Å². The summed E-state index contributed by atoms with van der Waals surface area (Å²) >= 11 is 0. The van der Waals surface area contributed by atoms with Crippen molar-refractivity contribution in [3.8, 4) is 5.75 Å². The summed E-state index contributed by atoms with van der Waals surface area (Å²) in [7, 11) is 0. The average molecular weight is 247 g/mol. The van der Waals surface area contributed by atoms with Crippen LogP contribution in [0.2, 0.25) is 0 Å². The van der Waals surface area contributed by atoms with Crippen molar-refractivity contribution in [1.82, 2.24) is 0 Å². The van der Waals surface area contributed by atoms with Gasteiger partial charge in [0.15, 0.2) is 0 Å². The normalized spacial score (nSPS) is 19.1. The van der Waals surface area contributed by atoms with Crippen molar-refractivity contribution < 1.29 is 14.6 Å². The third-order valence-electron chi connectivity index (χ3n) is 2.96. The molecule has 4 heteroatoms. The Bertz CT molecular complexity index is 444. The fourth-order valence-electron chi connectivity index (χ4n) is 2.05. The molecule has 0 aromatic heterocycles. The molecule has 0 saturated carbocycles. The van der Waals surface area contributed by atoms with Crippen molar-refractivity contribution >= 4 is 11.6 Å². The molecule has 96 valence electrons. The largest absolute Gasteiger partial charge is 0.489 e. The molecule has 1 aromatic rings. The summed E-state index contributed by atoms with van der Waals surface area (Å²) in [5.41, 5.74) is 0.817. The number of hydrogen-bond donors (Lipinski definition) is 1. The number of anilines is 1. The van der Waals surface area contributed by atoms with Crippen LogP contribution >= 0.6 is 0 Å². The maximum atomic E-state index is 11.8. The molecule has 1 aliphatic heterocycles. The highest BCUT2D eigenvalue weighted by Crippen LogP contribution is 2.27. The zero-order chi connectivity index (χ0) is 13.0. The standard InChI is InChI=1S/C14H17NO3/c1-2-6-18-13-5-3-4-12(8-13)15-9-11(10-16)7-14(15)17/h2-5,8,11,16H,1,6-7,9-10H2. The third kappa shape index (κ3) is 2.71. The van der Waals surface area contributed by atoms with Gasteiger partial charge in [-0.05, 0) is 12.1 Å². The van der Waals surface area contributed by atoms with Gasteiger partial charge in [0.25, 0.3) is 0 Å². The van der Waals surface area contributed by atoms with Gasteiger partial charge in [-0.15, -0.1) is 0 Å². The lowest BCUT2D eigenvalue weighted by Crippen LogP contribution is -2.24. The first kappa shape index (κ1) is 12.6. The first-order chi connectivity index (χ1) is 8.74. The van der Waals surface area contributed by atoms with Crippen LogP contribution < -0.4 is 9.64 Å². The molecule has 1 amide bonds. The molecule has 1 atom stereocenters. The molecule has 0 radical (unpaired) electrons. The minimum Gasteiger partial charge on any atom is -0.489 e. The summed E-state index contributed by atoms with van der Waals surface area (Å²) < 4.78 is 5.44. The molecule has 4 nitrogen and oxygen atoms in total. The molecule has 0 spiro atoms. The molecule has 1 N–H and O–H groups in total. The lowest BCUT2D eigenvalue weighted by atomic mass is 10.1. The topological polar surface area (TPSA) is 49.8 Å². The predicted octanol–water partition coefficient (Wildman–Crippen LogP) is 1.60. The first-order valence-corrected chi connectivity index (χ1v) is 5.99. The lowest BCUT2D eigenvalue weighted by molar-refractivity contribution is -0.117. The van der Waals surface area contributed by atoms with E-state index < -0.39 is 0 Å². The maximum absolute atomic E-state index is 11.8. The highest BCUT2D eigenvalue weighted by Gasteiger charge is 2.30. The third-order valence-corrected chi connectivity index (χ3v) is 2.96. The van der Waals surface area contributed by atoms with Crippen LogP contribution in [0.15, 0.2) is 36.9 Å². The number of aliphatic hydroxyl groups excluding tert-OH is 1. The second kappa shape index (κ2) is 5.69. The zero-order valence-electron chi connectivity index (χ0n) is 10.2. The average Bonchev–Trinajstić information content (AvgIpc) is 2.78. The molecule has 1 heterocycles. The van der Waals surface area contributed by atoms with Crippen LogP contribution in [0.5, 0.6) is 5.75 Å². The molecule has 18 heavy (non-hydrogen) atoms. The Morgan fingerprint density at radius 3 is 3.06 bits per heavy atom. The van der Waals surface area contributed by atoms with Crippen molar-refractivity contribution in [3.05, 3.63) is 36.9 Å². The summed E-state index contributed by atoms with van der Waals surface area (Å²) in [6, 6.07) is 7.41. The maximum Gasteiger partial charge on any atom is 0.227 e. The number of carbonyl (C=O) groups is 1. The van der Waals surface area contributed by atoms with Gasteiger partial charge in [0, 0.05) is 37.2 Å². The van der Waals surface area contributed by atoms with Crippen molar-refractivity contribution in [2.24, 2.45) is 5.92 Å². The van der Waals surface area contributed by atoms with Gasteiger partial charge in [-0.3, -0.25) is 4.79 Å². The predicted molar refractivity (Wildman–Crippen MR) is 69.7 cm³/mol. The monoisotopic (exact) mass is 247 g/mol. The van der Waals surface area contributed by atoms with Gasteiger partial charge in [-0.1, -0.05) is 18.7 Å². The minimum absolute atomic E-state index is 0.0373. The summed E-state index contributed by atoms with van der Waals surface area (Å²) in [6.07, 6.45) is 2.09. The van der Waals surface area contributed by atoms with E-state index in [-0.39, 0.29) is 18.4 Å². The second-order valence-electron chi connectivity index (χ2n) is 4.35. The van der Waals surface area contributed by atoms with E-state index in [1.165, 1.54) is 0 Å². The summed E-state index contributed by atoms with van der Waals surface area (Å²) in [4.78, 5) is 13.5. The van der Waals surface area contributed by atoms with E-state index >= 15 is 0 Å². The van der Waals surface area contributed by atoms with Gasteiger partial charge >= 0.3 is 0 Å². The van der Waals surface area contributed by atoms with Crippen LogP contribution in [0.4, 0.5) is 5.69 Å². The van der Waals surface area contributed by atoms with Crippen LogP contribution in [0.3, 0.4) is 0 Å². The number of aliphatic hydroxyl groups is 1. The fourth-order valence-corrected chi connectivity index (χ4v) is 2.05. The molecule has 2 rings (SSSR count). The van der Waals surface area contributed by atoms with E-state index in [0.717, 1.165) is 5.69 Å².